The molecule has 6 heteroatoms. The summed E-state index contributed by atoms with van der Waals surface area (Å²) in [6.07, 6.45) is 1.74. The summed E-state index contributed by atoms with van der Waals surface area (Å²) in [6, 6.07) is 4.50. The SMILES string of the molecule is CC(Cl)c1cn(-c2ccc(F)cc2I)nn1. The Morgan fingerprint density at radius 2 is 2.25 bits per heavy atom. The molecule has 0 aliphatic carbocycles. The van der Waals surface area contributed by atoms with Crippen LogP contribution in [0.25, 0.3) is 5.69 Å². The Kier molecular flexibility index (Phi) is 3.44. The van der Waals surface area contributed by atoms with Crippen LogP contribution in [0.1, 0.15) is 18.0 Å². The van der Waals surface area contributed by atoms with E-state index in [1.807, 2.05) is 6.92 Å². The van der Waals surface area contributed by atoms with E-state index in [1.54, 1.807) is 16.9 Å². The van der Waals surface area contributed by atoms with Crippen molar-refractivity contribution < 1.29 is 4.39 Å². The number of halogens is 3. The Morgan fingerprint density at radius 3 is 2.81 bits per heavy atom. The minimum atomic E-state index is -0.265. The molecule has 2 aromatic rings. The number of aromatic nitrogens is 3. The summed E-state index contributed by atoms with van der Waals surface area (Å²) in [7, 11) is 0. The zero-order chi connectivity index (χ0) is 11.7. The van der Waals surface area contributed by atoms with Gasteiger partial charge in [0.05, 0.1) is 17.3 Å². The molecule has 0 aliphatic heterocycles. The molecule has 3 nitrogen and oxygen atoms in total. The standard InChI is InChI=1S/C10H8ClFIN3/c1-6(11)9-5-16(15-14-9)10-3-2-7(12)4-8(10)13/h2-6H,1H3. The van der Waals surface area contributed by atoms with E-state index < -0.39 is 0 Å². The van der Waals surface area contributed by atoms with Gasteiger partial charge in [-0.2, -0.15) is 0 Å². The summed E-state index contributed by atoms with van der Waals surface area (Å²) < 4.78 is 15.3. The summed E-state index contributed by atoms with van der Waals surface area (Å²) in [5.74, 6) is -0.265. The quantitative estimate of drug-likeness (QED) is 0.614. The van der Waals surface area contributed by atoms with Crippen LogP contribution in [0, 0.1) is 9.39 Å². The predicted octanol–water partition coefficient (Wildman–Crippen LogP) is 3.31. The fraction of sp³-hybridized carbons (Fsp3) is 0.200. The van der Waals surface area contributed by atoms with Gasteiger partial charge in [-0.3, -0.25) is 0 Å². The number of rotatable bonds is 2. The van der Waals surface area contributed by atoms with Gasteiger partial charge in [-0.05, 0) is 47.7 Å². The molecule has 1 heterocycles. The third-order valence-corrected chi connectivity index (χ3v) is 3.16. The van der Waals surface area contributed by atoms with Crippen molar-refractivity contribution >= 4 is 34.2 Å². The lowest BCUT2D eigenvalue weighted by Crippen LogP contribution is -1.98. The average Bonchev–Trinajstić information content (AvgIpc) is 2.66. The van der Waals surface area contributed by atoms with E-state index in [-0.39, 0.29) is 11.2 Å². The molecule has 1 aromatic heterocycles. The normalized spacial score (nSPS) is 12.8. The summed E-state index contributed by atoms with van der Waals surface area (Å²) in [6.45, 7) is 1.82. The fourth-order valence-corrected chi connectivity index (χ4v) is 2.07. The van der Waals surface area contributed by atoms with Crippen LogP contribution in [0.3, 0.4) is 0 Å². The van der Waals surface area contributed by atoms with E-state index in [4.69, 9.17) is 11.6 Å². The lowest BCUT2D eigenvalue weighted by atomic mass is 10.3. The largest absolute Gasteiger partial charge is 0.219 e. The first-order valence-corrected chi connectivity index (χ1v) is 6.11. The maximum absolute atomic E-state index is 12.9. The molecule has 2 rings (SSSR count). The predicted molar refractivity (Wildman–Crippen MR) is 68.3 cm³/mol. The molecule has 0 N–H and O–H groups in total. The topological polar surface area (TPSA) is 30.7 Å². The fourth-order valence-electron chi connectivity index (χ4n) is 1.24. The lowest BCUT2D eigenvalue weighted by Gasteiger charge is -2.02. The first-order chi connectivity index (χ1) is 7.58. The molecule has 0 bridgehead atoms. The third-order valence-electron chi connectivity index (χ3n) is 2.08. The molecule has 1 aromatic carbocycles. The first-order valence-electron chi connectivity index (χ1n) is 4.59. The molecule has 1 atom stereocenters. The maximum atomic E-state index is 12.9. The molecule has 0 spiro atoms. The van der Waals surface area contributed by atoms with Crippen molar-refractivity contribution in [2.45, 2.75) is 12.3 Å². The molecule has 0 aliphatic rings. The van der Waals surface area contributed by atoms with Gasteiger partial charge in [-0.1, -0.05) is 5.21 Å². The zero-order valence-corrected chi connectivity index (χ0v) is 11.3. The van der Waals surface area contributed by atoms with E-state index in [0.717, 1.165) is 9.26 Å². The second-order valence-corrected chi connectivity index (χ2v) is 5.12. The molecule has 1 unspecified atom stereocenters. The van der Waals surface area contributed by atoms with Crippen LogP contribution in [0.2, 0.25) is 0 Å². The second-order valence-electron chi connectivity index (χ2n) is 3.30. The highest BCUT2D eigenvalue weighted by Gasteiger charge is 2.10. The van der Waals surface area contributed by atoms with Gasteiger partial charge < -0.3 is 0 Å². The number of benzene rings is 1. The van der Waals surface area contributed by atoms with Crippen LogP contribution in [0.4, 0.5) is 4.39 Å². The summed E-state index contributed by atoms with van der Waals surface area (Å²) in [5, 5.41) is 7.70. The number of alkyl halides is 1. The van der Waals surface area contributed by atoms with Gasteiger partial charge in [-0.15, -0.1) is 16.7 Å². The Hall–Kier alpha value is -0.690. The van der Waals surface area contributed by atoms with Crippen molar-refractivity contribution in [3.63, 3.8) is 0 Å². The van der Waals surface area contributed by atoms with Crippen molar-refractivity contribution in [2.75, 3.05) is 0 Å². The summed E-state index contributed by atoms with van der Waals surface area (Å²) in [5.41, 5.74) is 1.49. The van der Waals surface area contributed by atoms with Crippen LogP contribution in [-0.4, -0.2) is 15.0 Å². The highest BCUT2D eigenvalue weighted by atomic mass is 127. The zero-order valence-electron chi connectivity index (χ0n) is 8.36. The van der Waals surface area contributed by atoms with Crippen LogP contribution >= 0.6 is 34.2 Å². The lowest BCUT2D eigenvalue weighted by molar-refractivity contribution is 0.625. The smallest absolute Gasteiger partial charge is 0.124 e. The first kappa shape index (κ1) is 11.8. The van der Waals surface area contributed by atoms with E-state index >= 15 is 0 Å². The van der Waals surface area contributed by atoms with Gasteiger partial charge >= 0.3 is 0 Å². The van der Waals surface area contributed by atoms with Crippen molar-refractivity contribution in [2.24, 2.45) is 0 Å². The Morgan fingerprint density at radius 1 is 1.50 bits per heavy atom. The van der Waals surface area contributed by atoms with Crippen molar-refractivity contribution in [1.29, 1.82) is 0 Å². The van der Waals surface area contributed by atoms with Gasteiger partial charge in [-0.25, -0.2) is 9.07 Å². The molecular formula is C10H8ClFIN3. The summed E-state index contributed by atoms with van der Waals surface area (Å²) in [4.78, 5) is 0. The van der Waals surface area contributed by atoms with E-state index in [1.165, 1.54) is 12.1 Å². The molecule has 16 heavy (non-hydrogen) atoms. The van der Waals surface area contributed by atoms with Gasteiger partial charge in [0.25, 0.3) is 0 Å². The van der Waals surface area contributed by atoms with Crippen LogP contribution in [-0.2, 0) is 0 Å². The number of hydrogen-bond acceptors (Lipinski definition) is 2. The minimum absolute atomic E-state index is 0.188. The van der Waals surface area contributed by atoms with Crippen LogP contribution in [0.15, 0.2) is 24.4 Å². The maximum Gasteiger partial charge on any atom is 0.124 e. The van der Waals surface area contributed by atoms with E-state index in [2.05, 4.69) is 32.9 Å². The molecule has 0 saturated carbocycles. The number of hydrogen-bond donors (Lipinski definition) is 0. The average molecular weight is 352 g/mol. The molecule has 84 valence electrons. The van der Waals surface area contributed by atoms with Gasteiger partial charge in [0.1, 0.15) is 11.5 Å². The van der Waals surface area contributed by atoms with Gasteiger partial charge in [0.15, 0.2) is 0 Å². The minimum Gasteiger partial charge on any atom is -0.219 e. The van der Waals surface area contributed by atoms with Crippen LogP contribution in [0.5, 0.6) is 0 Å². The highest BCUT2D eigenvalue weighted by molar-refractivity contribution is 14.1. The van der Waals surface area contributed by atoms with E-state index in [9.17, 15) is 4.39 Å². The third kappa shape index (κ3) is 2.35. The summed E-state index contributed by atoms with van der Waals surface area (Å²) >= 11 is 7.95. The molecule has 0 radical (unpaired) electrons. The molecule has 0 fully saturated rings. The van der Waals surface area contributed by atoms with Gasteiger partial charge in [0.2, 0.25) is 0 Å². The molecular weight excluding hydrogens is 343 g/mol. The Bertz CT molecular complexity index is 513. The second kappa shape index (κ2) is 4.67. The van der Waals surface area contributed by atoms with Gasteiger partial charge in [0, 0.05) is 3.57 Å². The van der Waals surface area contributed by atoms with E-state index in [0.29, 0.717) is 5.69 Å². The monoisotopic (exact) mass is 351 g/mol. The van der Waals surface area contributed by atoms with Crippen molar-refractivity contribution in [1.82, 2.24) is 15.0 Å². The molecule has 0 amide bonds. The highest BCUT2D eigenvalue weighted by Crippen LogP contribution is 2.20. The van der Waals surface area contributed by atoms with Crippen molar-refractivity contribution in [3.8, 4) is 5.69 Å². The number of nitrogens with zero attached hydrogens (tertiary/aromatic N) is 3. The van der Waals surface area contributed by atoms with Crippen molar-refractivity contribution in [3.05, 3.63) is 39.5 Å². The Balaban J connectivity index is 2.42. The Labute approximate surface area is 111 Å². The molecule has 0 saturated heterocycles. The van der Waals surface area contributed by atoms with Crippen LogP contribution < -0.4 is 0 Å².